The number of aromatic nitrogens is 3. The Balaban J connectivity index is 1.13. The van der Waals surface area contributed by atoms with Crippen molar-refractivity contribution in [3.8, 4) is 5.75 Å². The number of aromatic hydroxyl groups is 1. The van der Waals surface area contributed by atoms with E-state index in [2.05, 4.69) is 25.8 Å². The van der Waals surface area contributed by atoms with Crippen molar-refractivity contribution < 1.29 is 27.9 Å². The number of nitrogens with one attached hydrogen (secondary N) is 3. The predicted molar refractivity (Wildman–Crippen MR) is 181 cm³/mol. The molecule has 1 aliphatic heterocycles. The fourth-order valence-corrected chi connectivity index (χ4v) is 7.53. The summed E-state index contributed by atoms with van der Waals surface area (Å²) in [6.45, 7) is 1.75. The van der Waals surface area contributed by atoms with Crippen LogP contribution in [0, 0.1) is 17.8 Å². The van der Waals surface area contributed by atoms with E-state index in [1.165, 1.54) is 24.9 Å². The van der Waals surface area contributed by atoms with E-state index in [1.54, 1.807) is 18.2 Å². The molecule has 2 atom stereocenters. The summed E-state index contributed by atoms with van der Waals surface area (Å²) in [6.07, 6.45) is 0.0790. The molecule has 1 saturated heterocycles. The van der Waals surface area contributed by atoms with Crippen LogP contribution in [0.15, 0.2) is 42.7 Å². The first-order valence-electron chi connectivity index (χ1n) is 16.1. The topological polar surface area (TPSA) is 124 Å². The minimum Gasteiger partial charge on any atom is -0.506 e. The van der Waals surface area contributed by atoms with Crippen molar-refractivity contribution in [2.45, 2.75) is 50.9 Å². The molecule has 2 aromatic heterocycles. The third-order valence-electron chi connectivity index (χ3n) is 9.92. The van der Waals surface area contributed by atoms with E-state index >= 15 is 0 Å². The number of rotatable bonds is 8. The van der Waals surface area contributed by atoms with Crippen LogP contribution in [0.1, 0.15) is 58.4 Å². The monoisotopic (exact) mass is 715 g/mol. The molecule has 49 heavy (non-hydrogen) atoms. The van der Waals surface area contributed by atoms with Gasteiger partial charge in [-0.15, -0.1) is 0 Å². The van der Waals surface area contributed by atoms with Crippen LogP contribution in [0.2, 0.25) is 10.0 Å². The molecule has 2 unspecified atom stereocenters. The lowest BCUT2D eigenvalue weighted by molar-refractivity contribution is -0.182. The van der Waals surface area contributed by atoms with Crippen molar-refractivity contribution in [3.05, 3.63) is 69.5 Å². The number of fused-ring (bicyclic) bond motifs is 2. The van der Waals surface area contributed by atoms with E-state index in [4.69, 9.17) is 28.2 Å². The van der Waals surface area contributed by atoms with Crippen LogP contribution in [-0.2, 0) is 13.6 Å². The number of imidazole rings is 1. The maximum Gasteiger partial charge on any atom is 0.391 e. The molecule has 4 aromatic rings. The molecule has 10 nitrogen and oxygen atoms in total. The summed E-state index contributed by atoms with van der Waals surface area (Å²) in [5.74, 6) is -0.614. The van der Waals surface area contributed by atoms with E-state index < -0.39 is 18.0 Å². The number of aryl methyl sites for hydroxylation is 1. The van der Waals surface area contributed by atoms with Crippen molar-refractivity contribution in [2.75, 3.05) is 23.3 Å². The van der Waals surface area contributed by atoms with Crippen molar-refractivity contribution in [2.24, 2.45) is 24.8 Å². The van der Waals surface area contributed by atoms with Gasteiger partial charge < -0.3 is 30.5 Å². The van der Waals surface area contributed by atoms with Crippen LogP contribution in [0.3, 0.4) is 0 Å². The van der Waals surface area contributed by atoms with Gasteiger partial charge in [-0.25, -0.2) is 4.98 Å². The molecule has 0 bridgehead atoms. The summed E-state index contributed by atoms with van der Waals surface area (Å²) in [5, 5.41) is 19.2. The number of hydrogen-bond acceptors (Lipinski definition) is 7. The van der Waals surface area contributed by atoms with Gasteiger partial charge in [0, 0.05) is 38.9 Å². The normalized spacial score (nSPS) is 21.8. The summed E-state index contributed by atoms with van der Waals surface area (Å²) in [5.41, 5.74) is 3.65. The smallest absolute Gasteiger partial charge is 0.391 e. The average molecular weight is 717 g/mol. The van der Waals surface area contributed by atoms with Gasteiger partial charge in [0.2, 0.25) is 5.95 Å². The highest BCUT2D eigenvalue weighted by Gasteiger charge is 2.46. The van der Waals surface area contributed by atoms with Crippen molar-refractivity contribution >= 4 is 63.4 Å². The Morgan fingerprint density at radius 2 is 1.76 bits per heavy atom. The molecule has 3 fully saturated rings. The third kappa shape index (κ3) is 6.83. The summed E-state index contributed by atoms with van der Waals surface area (Å²) < 4.78 is 41.5. The lowest BCUT2D eigenvalue weighted by atomic mass is 9.85. The fourth-order valence-electron chi connectivity index (χ4n) is 6.99. The van der Waals surface area contributed by atoms with Gasteiger partial charge in [-0.3, -0.25) is 14.6 Å². The standard InChI is InChI=1S/C34H34Cl2F3N7O3/c1-45-28-11-27(46-15-19-8-20(19)16-46)24(32(49)42-22-5-3-21(4-6-22)34(37,38)39)10-26(28)43-33(45)44-30-25(35)7-2-17(29(30)36)13-41-31(48)18-9-23(47)14-40-12-18/h2,7,9-12,14,19-22,47H,3-6,8,13,15-16H2,1H3,(H,41,48)(H,42,49)(H,43,44)/t19?,20?,21-,22-. The number of anilines is 3. The summed E-state index contributed by atoms with van der Waals surface area (Å²) in [7, 11) is 1.83. The van der Waals surface area contributed by atoms with E-state index in [0.717, 1.165) is 24.3 Å². The van der Waals surface area contributed by atoms with Crippen molar-refractivity contribution in [1.82, 2.24) is 25.2 Å². The Hall–Kier alpha value is -4.23. The van der Waals surface area contributed by atoms with Crippen LogP contribution in [0.25, 0.3) is 11.0 Å². The minimum absolute atomic E-state index is 0.00115. The molecule has 3 aliphatic rings. The number of halogens is 5. The molecule has 2 saturated carbocycles. The number of pyridine rings is 1. The van der Waals surface area contributed by atoms with Crippen LogP contribution >= 0.6 is 23.2 Å². The SMILES string of the molecule is Cn1c(Nc2c(Cl)ccc(CNC(=O)c3cncc(O)c3)c2Cl)nc2cc(C(=O)N[C@H]3CC[C@H](C(F)(F)F)CC3)c(N3CC4CC4C3)cc21. The van der Waals surface area contributed by atoms with Crippen LogP contribution in [0.5, 0.6) is 5.75 Å². The first kappa shape index (κ1) is 33.3. The van der Waals surface area contributed by atoms with Crippen LogP contribution < -0.4 is 20.9 Å². The van der Waals surface area contributed by atoms with Gasteiger partial charge in [0.05, 0.1) is 55.7 Å². The second kappa shape index (κ2) is 12.9. The molecule has 3 heterocycles. The van der Waals surface area contributed by atoms with Gasteiger partial charge in [-0.2, -0.15) is 13.2 Å². The highest BCUT2D eigenvalue weighted by molar-refractivity contribution is 6.39. The number of hydrogen-bond donors (Lipinski definition) is 4. The number of carbonyl (C=O) groups is 2. The summed E-state index contributed by atoms with van der Waals surface area (Å²) in [4.78, 5) is 37.2. The molecular weight excluding hydrogens is 682 g/mol. The fraction of sp³-hybridized carbons (Fsp3) is 0.412. The second-order valence-corrected chi connectivity index (χ2v) is 14.0. The zero-order valence-corrected chi connectivity index (χ0v) is 28.0. The van der Waals surface area contributed by atoms with E-state index in [1.807, 2.05) is 17.7 Å². The maximum atomic E-state index is 13.7. The highest BCUT2D eigenvalue weighted by atomic mass is 35.5. The summed E-state index contributed by atoms with van der Waals surface area (Å²) in [6, 6.07) is 8.00. The quantitative estimate of drug-likeness (QED) is 0.156. The minimum atomic E-state index is -4.22. The van der Waals surface area contributed by atoms with Gasteiger partial charge in [-0.05, 0) is 73.8 Å². The number of amides is 2. The zero-order valence-electron chi connectivity index (χ0n) is 26.5. The number of alkyl halides is 3. The Bertz CT molecular complexity index is 1930. The van der Waals surface area contributed by atoms with Gasteiger partial charge >= 0.3 is 6.18 Å². The Morgan fingerprint density at radius 3 is 2.45 bits per heavy atom. The number of benzene rings is 2. The first-order valence-corrected chi connectivity index (χ1v) is 16.9. The van der Waals surface area contributed by atoms with E-state index in [9.17, 15) is 27.9 Å². The molecule has 7 rings (SSSR count). The zero-order chi connectivity index (χ0) is 34.6. The Kier molecular flexibility index (Phi) is 8.76. The molecule has 0 spiro atoms. The molecule has 0 radical (unpaired) electrons. The van der Waals surface area contributed by atoms with Gasteiger partial charge in [0.1, 0.15) is 5.75 Å². The molecule has 15 heteroatoms. The molecular formula is C34H34Cl2F3N7O3. The van der Waals surface area contributed by atoms with Gasteiger partial charge in [0.15, 0.2) is 0 Å². The molecule has 2 amide bonds. The third-order valence-corrected chi connectivity index (χ3v) is 10.7. The number of piperidine rings is 1. The second-order valence-electron chi connectivity index (χ2n) is 13.2. The van der Waals surface area contributed by atoms with Crippen LogP contribution in [0.4, 0.5) is 30.5 Å². The largest absolute Gasteiger partial charge is 0.506 e. The summed E-state index contributed by atoms with van der Waals surface area (Å²) >= 11 is 13.4. The van der Waals surface area contributed by atoms with E-state index in [0.29, 0.717) is 45.1 Å². The Morgan fingerprint density at radius 1 is 1.02 bits per heavy atom. The number of nitrogens with zero attached hydrogens (tertiary/aromatic N) is 4. The first-order chi connectivity index (χ1) is 23.4. The maximum absolute atomic E-state index is 13.7. The van der Waals surface area contributed by atoms with Crippen LogP contribution in [-0.4, -0.2) is 56.8 Å². The van der Waals surface area contributed by atoms with Gasteiger partial charge in [0.25, 0.3) is 11.8 Å². The molecule has 2 aliphatic carbocycles. The molecule has 2 aromatic carbocycles. The highest BCUT2D eigenvalue weighted by Crippen LogP contribution is 2.47. The van der Waals surface area contributed by atoms with Crippen molar-refractivity contribution in [3.63, 3.8) is 0 Å². The molecule has 4 N–H and O–H groups in total. The number of carbonyl (C=O) groups excluding carboxylic acids is 2. The van der Waals surface area contributed by atoms with Crippen molar-refractivity contribution in [1.29, 1.82) is 0 Å². The molecule has 258 valence electrons. The lowest BCUT2D eigenvalue weighted by Gasteiger charge is -2.31. The average Bonchev–Trinajstić information content (AvgIpc) is 3.55. The predicted octanol–water partition coefficient (Wildman–Crippen LogP) is 6.96. The Labute approximate surface area is 290 Å². The van der Waals surface area contributed by atoms with Gasteiger partial charge in [-0.1, -0.05) is 29.3 Å². The lowest BCUT2D eigenvalue weighted by Crippen LogP contribution is -2.40. The van der Waals surface area contributed by atoms with E-state index in [-0.39, 0.29) is 60.5 Å².